The Morgan fingerprint density at radius 3 is 2.56 bits per heavy atom. The SMILES string of the molecule is Cc1ccc2c(c1)C1CN(C)CCC1N2C(=O)c1ccccc1NS(=O)(=O)c1ccc(F)cc1C.[Cl-]. The third kappa shape index (κ3) is 4.61. The van der Waals surface area contributed by atoms with Crippen molar-refractivity contribution in [3.63, 3.8) is 0 Å². The Bertz CT molecular complexity index is 1430. The molecule has 1 amide bonds. The van der Waals surface area contributed by atoms with Crippen LogP contribution < -0.4 is 22.0 Å². The van der Waals surface area contributed by atoms with Gasteiger partial charge in [-0.25, -0.2) is 12.8 Å². The van der Waals surface area contributed by atoms with E-state index in [9.17, 15) is 17.6 Å². The van der Waals surface area contributed by atoms with Crippen LogP contribution in [-0.4, -0.2) is 45.4 Å². The number of carbonyl (C=O) groups is 1. The lowest BCUT2D eigenvalue weighted by Gasteiger charge is -2.36. The fourth-order valence-corrected chi connectivity index (χ4v) is 6.66. The van der Waals surface area contributed by atoms with Crippen LogP contribution in [-0.2, 0) is 10.0 Å². The largest absolute Gasteiger partial charge is 1.00 e. The summed E-state index contributed by atoms with van der Waals surface area (Å²) < 4.78 is 42.4. The van der Waals surface area contributed by atoms with Crippen LogP contribution in [0.3, 0.4) is 0 Å². The summed E-state index contributed by atoms with van der Waals surface area (Å²) in [6.45, 7) is 5.34. The second-order valence-electron chi connectivity index (χ2n) is 9.52. The number of likely N-dealkylation sites (tertiary alicyclic amines) is 1. The second kappa shape index (κ2) is 9.84. The van der Waals surface area contributed by atoms with Crippen molar-refractivity contribution in [1.82, 2.24) is 4.90 Å². The molecule has 6 nitrogen and oxygen atoms in total. The highest BCUT2D eigenvalue weighted by molar-refractivity contribution is 7.92. The zero-order valence-electron chi connectivity index (χ0n) is 20.3. The van der Waals surface area contributed by atoms with Crippen molar-refractivity contribution < 1.29 is 30.0 Å². The van der Waals surface area contributed by atoms with Crippen LogP contribution in [0.25, 0.3) is 0 Å². The number of rotatable bonds is 4. The lowest BCUT2D eigenvalue weighted by Crippen LogP contribution is -3.00. The fraction of sp³-hybridized carbons (Fsp3) is 0.296. The number of amides is 1. The topological polar surface area (TPSA) is 69.7 Å². The quantitative estimate of drug-likeness (QED) is 0.559. The molecule has 3 aromatic carbocycles. The molecule has 0 saturated carbocycles. The number of para-hydroxylation sites is 1. The molecule has 9 heteroatoms. The van der Waals surface area contributed by atoms with E-state index in [-0.39, 0.29) is 46.4 Å². The number of halogens is 2. The molecule has 1 fully saturated rings. The molecule has 0 aromatic heterocycles. The molecular weight excluding hydrogens is 501 g/mol. The number of aryl methyl sites for hydroxylation is 2. The Morgan fingerprint density at radius 1 is 1.06 bits per heavy atom. The van der Waals surface area contributed by atoms with E-state index in [0.29, 0.717) is 5.56 Å². The van der Waals surface area contributed by atoms with Crippen molar-refractivity contribution in [3.8, 4) is 0 Å². The van der Waals surface area contributed by atoms with E-state index < -0.39 is 15.8 Å². The summed E-state index contributed by atoms with van der Waals surface area (Å²) in [6.07, 6.45) is 0.837. The van der Waals surface area contributed by atoms with Crippen LogP contribution >= 0.6 is 0 Å². The third-order valence-corrected chi connectivity index (χ3v) is 8.53. The van der Waals surface area contributed by atoms with E-state index in [1.165, 1.54) is 19.1 Å². The van der Waals surface area contributed by atoms with Crippen molar-refractivity contribution in [2.45, 2.75) is 37.1 Å². The van der Waals surface area contributed by atoms with Gasteiger partial charge in [0.05, 0.1) is 16.1 Å². The number of hydrogen-bond acceptors (Lipinski definition) is 4. The minimum atomic E-state index is -4.03. The molecule has 1 saturated heterocycles. The number of piperidine rings is 1. The number of benzene rings is 3. The first kappa shape index (κ1) is 26.1. The summed E-state index contributed by atoms with van der Waals surface area (Å²) in [5, 5.41) is 0. The number of likely N-dealkylation sites (N-methyl/N-ethyl adjacent to an activating group) is 1. The number of nitrogens with zero attached hydrogens (tertiary/aromatic N) is 2. The van der Waals surface area contributed by atoms with E-state index in [2.05, 4.69) is 22.7 Å². The molecule has 5 rings (SSSR count). The molecule has 2 unspecified atom stereocenters. The molecule has 2 atom stereocenters. The molecule has 0 bridgehead atoms. The molecular formula is C27H28ClFN3O3S-. The number of fused-ring (bicyclic) bond motifs is 3. The van der Waals surface area contributed by atoms with Crippen molar-refractivity contribution in [1.29, 1.82) is 0 Å². The molecule has 0 spiro atoms. The lowest BCUT2D eigenvalue weighted by atomic mass is 9.88. The number of hydrogen-bond donors (Lipinski definition) is 1. The number of sulfonamides is 1. The van der Waals surface area contributed by atoms with Gasteiger partial charge < -0.3 is 22.2 Å². The predicted octanol–water partition coefficient (Wildman–Crippen LogP) is 1.70. The Hall–Kier alpha value is -2.94. The van der Waals surface area contributed by atoms with Crippen LogP contribution in [0, 0.1) is 19.7 Å². The highest BCUT2D eigenvalue weighted by atomic mass is 35.5. The highest BCUT2D eigenvalue weighted by Gasteiger charge is 2.44. The highest BCUT2D eigenvalue weighted by Crippen LogP contribution is 2.46. The zero-order chi connectivity index (χ0) is 24.9. The average molecular weight is 529 g/mol. The summed E-state index contributed by atoms with van der Waals surface area (Å²) in [7, 11) is -1.94. The van der Waals surface area contributed by atoms with Crippen LogP contribution in [0.4, 0.5) is 15.8 Å². The Morgan fingerprint density at radius 2 is 1.81 bits per heavy atom. The van der Waals surface area contributed by atoms with Gasteiger partial charge in [0.2, 0.25) is 0 Å². The maximum atomic E-state index is 14.0. The summed E-state index contributed by atoms with van der Waals surface area (Å²) in [5.41, 5.74) is 3.97. The van der Waals surface area contributed by atoms with E-state index in [1.807, 2.05) is 24.0 Å². The van der Waals surface area contributed by atoms with Gasteiger partial charge in [0.15, 0.2) is 0 Å². The second-order valence-corrected chi connectivity index (χ2v) is 11.2. The van der Waals surface area contributed by atoms with Crippen LogP contribution in [0.15, 0.2) is 65.6 Å². The first-order valence-electron chi connectivity index (χ1n) is 11.7. The minimum absolute atomic E-state index is 0. The maximum absolute atomic E-state index is 14.0. The molecule has 3 aromatic rings. The number of nitrogens with one attached hydrogen (secondary N) is 1. The van der Waals surface area contributed by atoms with Gasteiger partial charge in [0, 0.05) is 24.2 Å². The molecule has 2 aliphatic heterocycles. The van der Waals surface area contributed by atoms with Crippen LogP contribution in [0.1, 0.15) is 39.4 Å². The van der Waals surface area contributed by atoms with Gasteiger partial charge in [-0.15, -0.1) is 0 Å². The molecule has 0 aliphatic carbocycles. The molecule has 1 N–H and O–H groups in total. The van der Waals surface area contributed by atoms with E-state index in [1.54, 1.807) is 24.3 Å². The van der Waals surface area contributed by atoms with E-state index >= 15 is 0 Å². The summed E-state index contributed by atoms with van der Waals surface area (Å²) in [6, 6.07) is 16.3. The van der Waals surface area contributed by atoms with Gasteiger partial charge >= 0.3 is 0 Å². The fourth-order valence-electron chi connectivity index (χ4n) is 5.35. The number of anilines is 2. The Kier molecular flexibility index (Phi) is 7.14. The van der Waals surface area contributed by atoms with E-state index in [0.717, 1.165) is 42.4 Å². The van der Waals surface area contributed by atoms with Gasteiger partial charge in [-0.1, -0.05) is 29.8 Å². The first-order valence-corrected chi connectivity index (χ1v) is 13.1. The first-order chi connectivity index (χ1) is 16.7. The molecule has 36 heavy (non-hydrogen) atoms. The van der Waals surface area contributed by atoms with Gasteiger partial charge in [-0.2, -0.15) is 0 Å². The van der Waals surface area contributed by atoms with Gasteiger partial charge in [-0.3, -0.25) is 9.52 Å². The van der Waals surface area contributed by atoms with Gasteiger partial charge in [0.25, 0.3) is 15.9 Å². The van der Waals surface area contributed by atoms with E-state index in [4.69, 9.17) is 0 Å². The van der Waals surface area contributed by atoms with Gasteiger partial charge in [-0.05, 0) is 81.4 Å². The van der Waals surface area contributed by atoms with Crippen LogP contribution in [0.2, 0.25) is 0 Å². The van der Waals surface area contributed by atoms with Crippen molar-refractivity contribution in [3.05, 3.63) is 88.7 Å². The van der Waals surface area contributed by atoms with Gasteiger partial charge in [0.1, 0.15) is 5.82 Å². The normalized spacial score (nSPS) is 19.3. The standard InChI is InChI=1S/C27H28FN3O3S.ClH/c1-17-8-10-24-21(14-17)22-16-30(3)13-12-25(22)31(24)27(32)20-6-4-5-7-23(20)29-35(33,34)26-11-9-19(28)15-18(26)2;/h4-11,14-15,22,25,29H,12-13,16H2,1-3H3;1H/p-1. The molecule has 0 radical (unpaired) electrons. The molecule has 2 aliphatic rings. The monoisotopic (exact) mass is 528 g/mol. The Labute approximate surface area is 217 Å². The smallest absolute Gasteiger partial charge is 0.262 e. The van der Waals surface area contributed by atoms with Crippen molar-refractivity contribution in [2.75, 3.05) is 29.8 Å². The zero-order valence-corrected chi connectivity index (χ0v) is 21.9. The average Bonchev–Trinajstić information content (AvgIpc) is 3.11. The third-order valence-electron chi connectivity index (χ3n) is 7.00. The van der Waals surface area contributed by atoms with Crippen molar-refractivity contribution >= 4 is 27.3 Å². The molecule has 190 valence electrons. The van der Waals surface area contributed by atoms with Crippen molar-refractivity contribution in [2.24, 2.45) is 0 Å². The lowest BCUT2D eigenvalue weighted by molar-refractivity contribution is -0.0000180. The summed E-state index contributed by atoms with van der Waals surface area (Å²) >= 11 is 0. The number of carbonyl (C=O) groups excluding carboxylic acids is 1. The van der Waals surface area contributed by atoms with Crippen LogP contribution in [0.5, 0.6) is 0 Å². The minimum Gasteiger partial charge on any atom is -1.00 e. The molecule has 2 heterocycles. The summed E-state index contributed by atoms with van der Waals surface area (Å²) in [4.78, 5) is 18.1. The summed E-state index contributed by atoms with van der Waals surface area (Å²) in [5.74, 6) is -0.535. The Balaban J connectivity index is 0.00000304. The maximum Gasteiger partial charge on any atom is 0.262 e. The predicted molar refractivity (Wildman–Crippen MR) is 135 cm³/mol.